The molecule has 1 aliphatic rings. The number of hydrogen-bond acceptors (Lipinski definition) is 9. The topological polar surface area (TPSA) is 126 Å². The van der Waals surface area contributed by atoms with E-state index < -0.39 is 11.7 Å². The molecule has 1 aliphatic carbocycles. The lowest BCUT2D eigenvalue weighted by Crippen LogP contribution is -2.35. The summed E-state index contributed by atoms with van der Waals surface area (Å²) >= 11 is 0. The maximum Gasteiger partial charge on any atom is 0.407 e. The van der Waals surface area contributed by atoms with Gasteiger partial charge < -0.3 is 25.6 Å². The van der Waals surface area contributed by atoms with Crippen LogP contribution in [0.5, 0.6) is 0 Å². The van der Waals surface area contributed by atoms with Gasteiger partial charge in [0.15, 0.2) is 11.6 Å². The Morgan fingerprint density at radius 2 is 1.42 bits per heavy atom. The number of anilines is 2. The first-order valence-electron chi connectivity index (χ1n) is 10.7. The molecule has 1 aromatic heterocycles. The first kappa shape index (κ1) is 24.1. The van der Waals surface area contributed by atoms with Gasteiger partial charge in [0.05, 0.1) is 34.6 Å². The summed E-state index contributed by atoms with van der Waals surface area (Å²) in [7, 11) is 3.91. The molecule has 0 radical (unpaired) electrons. The number of carbonyl (C=O) groups is 3. The number of likely N-dealkylation sites (N-methyl/N-ethyl adjacent to an activating group) is 1. The molecular weight excluding hydrogens is 424 g/mol. The van der Waals surface area contributed by atoms with E-state index >= 15 is 0 Å². The second kappa shape index (κ2) is 9.95. The van der Waals surface area contributed by atoms with Gasteiger partial charge in [0.2, 0.25) is 0 Å². The van der Waals surface area contributed by atoms with Gasteiger partial charge in [-0.05, 0) is 47.0 Å². The summed E-state index contributed by atoms with van der Waals surface area (Å²) in [5.41, 5.74) is 1.57. The van der Waals surface area contributed by atoms with E-state index in [1.54, 1.807) is 32.9 Å². The van der Waals surface area contributed by atoms with Gasteiger partial charge in [0.25, 0.3) is 0 Å². The first-order valence-corrected chi connectivity index (χ1v) is 10.7. The molecule has 0 atom stereocenters. The highest BCUT2D eigenvalue weighted by Gasteiger charge is 2.34. The quantitative estimate of drug-likeness (QED) is 0.439. The van der Waals surface area contributed by atoms with Crippen molar-refractivity contribution in [1.29, 1.82) is 0 Å². The second-order valence-corrected chi connectivity index (χ2v) is 8.97. The van der Waals surface area contributed by atoms with Crippen LogP contribution in [-0.4, -0.2) is 78.6 Å². The SMILES string of the molecule is CN(C)CCNc1ccc(NCCNC(=O)OC(C)(C)C)c2c1C(=O)c1cnncc1C2=O. The van der Waals surface area contributed by atoms with E-state index in [-0.39, 0.29) is 34.8 Å². The summed E-state index contributed by atoms with van der Waals surface area (Å²) in [5, 5.41) is 16.6. The molecule has 0 saturated carbocycles. The summed E-state index contributed by atoms with van der Waals surface area (Å²) in [4.78, 5) is 40.5. The maximum atomic E-state index is 13.3. The van der Waals surface area contributed by atoms with Gasteiger partial charge in [-0.2, -0.15) is 10.2 Å². The van der Waals surface area contributed by atoms with Crippen LogP contribution in [0.1, 0.15) is 52.6 Å². The predicted octanol–water partition coefficient (Wildman–Crippen LogP) is 2.16. The normalized spacial score (nSPS) is 12.8. The van der Waals surface area contributed by atoms with Crippen molar-refractivity contribution in [3.8, 4) is 0 Å². The molecule has 176 valence electrons. The van der Waals surface area contributed by atoms with E-state index in [4.69, 9.17) is 4.74 Å². The highest BCUT2D eigenvalue weighted by molar-refractivity contribution is 6.31. The van der Waals surface area contributed by atoms with Gasteiger partial charge in [-0.3, -0.25) is 9.59 Å². The van der Waals surface area contributed by atoms with Crippen molar-refractivity contribution in [1.82, 2.24) is 20.4 Å². The van der Waals surface area contributed by atoms with E-state index in [9.17, 15) is 14.4 Å². The molecule has 33 heavy (non-hydrogen) atoms. The van der Waals surface area contributed by atoms with Crippen LogP contribution in [0.2, 0.25) is 0 Å². The molecule has 0 bridgehead atoms. The smallest absolute Gasteiger partial charge is 0.407 e. The number of hydrogen-bond donors (Lipinski definition) is 3. The Kier molecular flexibility index (Phi) is 7.27. The molecule has 3 N–H and O–H groups in total. The highest BCUT2D eigenvalue weighted by Crippen LogP contribution is 2.36. The van der Waals surface area contributed by atoms with Crippen LogP contribution in [0.15, 0.2) is 24.5 Å². The third kappa shape index (κ3) is 5.83. The van der Waals surface area contributed by atoms with Crippen LogP contribution in [-0.2, 0) is 4.74 Å². The lowest BCUT2D eigenvalue weighted by Gasteiger charge is -2.24. The Hall–Kier alpha value is -3.53. The Morgan fingerprint density at radius 1 is 0.909 bits per heavy atom. The van der Waals surface area contributed by atoms with Crippen molar-refractivity contribution in [2.24, 2.45) is 0 Å². The van der Waals surface area contributed by atoms with Gasteiger partial charge in [0, 0.05) is 37.6 Å². The molecule has 1 aromatic carbocycles. The van der Waals surface area contributed by atoms with Crippen molar-refractivity contribution in [2.45, 2.75) is 26.4 Å². The standard InChI is InChI=1S/C23H30N6O4/c1-23(2,3)33-22(32)26-9-8-24-16-6-7-17(25-10-11-29(4)5)19-18(16)20(30)14-12-27-28-13-15(14)21(19)31/h6-7,12-13,24-25H,8-11H2,1-5H3,(H,26,32). The third-order valence-corrected chi connectivity index (χ3v) is 4.86. The number of nitrogens with one attached hydrogen (secondary N) is 3. The van der Waals surface area contributed by atoms with Crippen molar-refractivity contribution in [3.05, 3.63) is 46.8 Å². The Morgan fingerprint density at radius 3 is 1.91 bits per heavy atom. The molecule has 3 rings (SSSR count). The number of alkyl carbamates (subject to hydrolysis) is 1. The molecule has 10 nitrogen and oxygen atoms in total. The summed E-state index contributed by atoms with van der Waals surface area (Å²) in [6.45, 7) is 7.34. The Labute approximate surface area is 193 Å². The molecule has 0 saturated heterocycles. The lowest BCUT2D eigenvalue weighted by atomic mass is 9.83. The van der Waals surface area contributed by atoms with Crippen LogP contribution in [0, 0.1) is 0 Å². The van der Waals surface area contributed by atoms with E-state index in [0.717, 1.165) is 6.54 Å². The molecule has 10 heteroatoms. The largest absolute Gasteiger partial charge is 0.444 e. The number of nitrogens with zero attached hydrogens (tertiary/aromatic N) is 3. The molecule has 0 unspecified atom stereocenters. The number of fused-ring (bicyclic) bond motifs is 2. The molecule has 0 fully saturated rings. The zero-order chi connectivity index (χ0) is 24.2. The van der Waals surface area contributed by atoms with Crippen molar-refractivity contribution in [3.63, 3.8) is 0 Å². The van der Waals surface area contributed by atoms with E-state index in [0.29, 0.717) is 30.0 Å². The number of ketones is 2. The average molecular weight is 455 g/mol. The summed E-state index contributed by atoms with van der Waals surface area (Å²) in [6.07, 6.45) is 2.12. The summed E-state index contributed by atoms with van der Waals surface area (Å²) in [6, 6.07) is 3.54. The van der Waals surface area contributed by atoms with Crippen LogP contribution in [0.4, 0.5) is 16.2 Å². The Balaban J connectivity index is 1.83. The molecule has 2 aromatic rings. The van der Waals surface area contributed by atoms with Gasteiger partial charge in [-0.15, -0.1) is 0 Å². The van der Waals surface area contributed by atoms with Gasteiger partial charge in [0.1, 0.15) is 5.60 Å². The van der Waals surface area contributed by atoms with Crippen molar-refractivity contribution in [2.75, 3.05) is 50.9 Å². The maximum absolute atomic E-state index is 13.3. The number of benzene rings is 1. The summed E-state index contributed by atoms with van der Waals surface area (Å²) in [5.74, 6) is -0.578. The second-order valence-electron chi connectivity index (χ2n) is 8.97. The lowest BCUT2D eigenvalue weighted by molar-refractivity contribution is 0.0529. The fraction of sp³-hybridized carbons (Fsp3) is 0.435. The van der Waals surface area contributed by atoms with E-state index in [1.807, 2.05) is 19.0 Å². The molecular formula is C23H30N6O4. The van der Waals surface area contributed by atoms with Crippen LogP contribution >= 0.6 is 0 Å². The molecule has 0 aliphatic heterocycles. The van der Waals surface area contributed by atoms with Gasteiger partial charge in [-0.25, -0.2) is 4.79 Å². The van der Waals surface area contributed by atoms with Gasteiger partial charge >= 0.3 is 6.09 Å². The minimum absolute atomic E-state index is 0.225. The van der Waals surface area contributed by atoms with Crippen LogP contribution in [0.3, 0.4) is 0 Å². The molecule has 1 heterocycles. The minimum atomic E-state index is -0.588. The minimum Gasteiger partial charge on any atom is -0.444 e. The Bertz CT molecular complexity index is 1060. The fourth-order valence-corrected chi connectivity index (χ4v) is 3.41. The summed E-state index contributed by atoms with van der Waals surface area (Å²) < 4.78 is 5.22. The zero-order valence-corrected chi connectivity index (χ0v) is 19.6. The van der Waals surface area contributed by atoms with E-state index in [2.05, 4.69) is 26.1 Å². The fourth-order valence-electron chi connectivity index (χ4n) is 3.41. The highest BCUT2D eigenvalue weighted by atomic mass is 16.6. The first-order chi connectivity index (χ1) is 15.6. The predicted molar refractivity (Wildman–Crippen MR) is 125 cm³/mol. The van der Waals surface area contributed by atoms with Crippen molar-refractivity contribution >= 4 is 29.0 Å². The van der Waals surface area contributed by atoms with Crippen LogP contribution in [0.25, 0.3) is 0 Å². The van der Waals surface area contributed by atoms with Crippen molar-refractivity contribution < 1.29 is 19.1 Å². The number of ether oxygens (including phenoxy) is 1. The van der Waals surface area contributed by atoms with E-state index in [1.165, 1.54) is 12.4 Å². The monoisotopic (exact) mass is 454 g/mol. The third-order valence-electron chi connectivity index (χ3n) is 4.86. The number of amides is 1. The molecule has 0 spiro atoms. The number of aromatic nitrogens is 2. The van der Waals surface area contributed by atoms with Gasteiger partial charge in [-0.1, -0.05) is 0 Å². The number of carbonyl (C=O) groups excluding carboxylic acids is 3. The number of rotatable bonds is 8. The average Bonchev–Trinajstić information content (AvgIpc) is 2.74. The van der Waals surface area contributed by atoms with Crippen LogP contribution < -0.4 is 16.0 Å². The molecule has 1 amide bonds. The zero-order valence-electron chi connectivity index (χ0n) is 19.6.